The fourth-order valence-corrected chi connectivity index (χ4v) is 3.71. The van der Waals surface area contributed by atoms with Gasteiger partial charge >= 0.3 is 5.97 Å². The van der Waals surface area contributed by atoms with Crippen LogP contribution in [0.5, 0.6) is 0 Å². The van der Waals surface area contributed by atoms with Crippen LogP contribution in [0.1, 0.15) is 38.3 Å². The SMILES string of the molecule is CC1CC(C(=O)O)C(C(=O)N[C@H](C)c2ccccc2Br)C1. The van der Waals surface area contributed by atoms with Crippen molar-refractivity contribution in [3.05, 3.63) is 34.3 Å². The lowest BCUT2D eigenvalue weighted by atomic mass is 9.94. The van der Waals surface area contributed by atoms with E-state index in [1.807, 2.05) is 38.1 Å². The number of hydrogen-bond donors (Lipinski definition) is 2. The van der Waals surface area contributed by atoms with Crippen molar-refractivity contribution in [2.24, 2.45) is 17.8 Å². The van der Waals surface area contributed by atoms with E-state index in [4.69, 9.17) is 0 Å². The predicted molar refractivity (Wildman–Crippen MR) is 83.7 cm³/mol. The van der Waals surface area contributed by atoms with Gasteiger partial charge in [-0.25, -0.2) is 0 Å². The summed E-state index contributed by atoms with van der Waals surface area (Å²) in [4.78, 5) is 23.7. The van der Waals surface area contributed by atoms with E-state index in [0.717, 1.165) is 10.0 Å². The lowest BCUT2D eigenvalue weighted by molar-refractivity contribution is -0.146. The number of amides is 1. The molecule has 114 valence electrons. The van der Waals surface area contributed by atoms with Gasteiger partial charge in [0.05, 0.1) is 17.9 Å². The molecule has 2 N–H and O–H groups in total. The second kappa shape index (κ2) is 6.60. The smallest absolute Gasteiger partial charge is 0.307 e. The summed E-state index contributed by atoms with van der Waals surface area (Å²) < 4.78 is 0.937. The van der Waals surface area contributed by atoms with Gasteiger partial charge in [0.2, 0.25) is 5.91 Å². The maximum absolute atomic E-state index is 12.4. The number of benzene rings is 1. The molecule has 5 heteroatoms. The molecule has 3 unspecified atom stereocenters. The molecule has 21 heavy (non-hydrogen) atoms. The van der Waals surface area contributed by atoms with Crippen LogP contribution < -0.4 is 5.32 Å². The molecule has 1 aromatic rings. The third kappa shape index (κ3) is 3.64. The van der Waals surface area contributed by atoms with Crippen molar-refractivity contribution in [3.63, 3.8) is 0 Å². The van der Waals surface area contributed by atoms with Gasteiger partial charge in [-0.15, -0.1) is 0 Å². The first-order valence-electron chi connectivity index (χ1n) is 7.17. The molecule has 0 saturated heterocycles. The minimum Gasteiger partial charge on any atom is -0.481 e. The van der Waals surface area contributed by atoms with Crippen molar-refractivity contribution in [1.29, 1.82) is 0 Å². The average Bonchev–Trinajstić information content (AvgIpc) is 2.81. The first-order chi connectivity index (χ1) is 9.90. The molecule has 1 amide bonds. The van der Waals surface area contributed by atoms with Gasteiger partial charge in [0.25, 0.3) is 0 Å². The number of carboxylic acids is 1. The van der Waals surface area contributed by atoms with E-state index < -0.39 is 17.8 Å². The van der Waals surface area contributed by atoms with E-state index in [1.165, 1.54) is 0 Å². The van der Waals surface area contributed by atoms with Crippen LogP contribution in [0.2, 0.25) is 0 Å². The Morgan fingerprint density at radius 2 is 1.90 bits per heavy atom. The molecule has 0 radical (unpaired) electrons. The van der Waals surface area contributed by atoms with Crippen molar-refractivity contribution in [2.45, 2.75) is 32.7 Å². The molecule has 1 aliphatic carbocycles. The minimum atomic E-state index is -0.868. The van der Waals surface area contributed by atoms with Gasteiger partial charge in [0.15, 0.2) is 0 Å². The average molecular weight is 354 g/mol. The summed E-state index contributed by atoms with van der Waals surface area (Å²) in [5, 5.41) is 12.2. The fraction of sp³-hybridized carbons (Fsp3) is 0.500. The second-order valence-electron chi connectivity index (χ2n) is 5.88. The van der Waals surface area contributed by atoms with Crippen LogP contribution in [0.4, 0.5) is 0 Å². The standard InChI is InChI=1S/C16H20BrNO3/c1-9-7-12(13(8-9)16(20)21)15(19)18-10(2)11-5-3-4-6-14(11)17/h3-6,9-10,12-13H,7-8H2,1-2H3,(H,18,19)(H,20,21)/t9?,10-,12?,13?/m1/s1. The monoisotopic (exact) mass is 353 g/mol. The van der Waals surface area contributed by atoms with Gasteiger partial charge in [-0.2, -0.15) is 0 Å². The molecule has 0 spiro atoms. The molecule has 1 saturated carbocycles. The van der Waals surface area contributed by atoms with Gasteiger partial charge in [0, 0.05) is 4.47 Å². The lowest BCUT2D eigenvalue weighted by Crippen LogP contribution is -2.36. The Bertz CT molecular complexity index is 546. The summed E-state index contributed by atoms with van der Waals surface area (Å²) in [5.74, 6) is -1.74. The number of aliphatic carboxylic acids is 1. The molecule has 0 bridgehead atoms. The second-order valence-corrected chi connectivity index (χ2v) is 6.73. The third-order valence-corrected chi connectivity index (χ3v) is 4.90. The van der Waals surface area contributed by atoms with Crippen LogP contribution >= 0.6 is 15.9 Å². The highest BCUT2D eigenvalue weighted by Gasteiger charge is 2.41. The topological polar surface area (TPSA) is 66.4 Å². The van der Waals surface area contributed by atoms with Crippen molar-refractivity contribution in [2.75, 3.05) is 0 Å². The maximum Gasteiger partial charge on any atom is 0.307 e. The molecule has 0 heterocycles. The molecule has 1 aromatic carbocycles. The molecule has 0 aliphatic heterocycles. The van der Waals surface area contributed by atoms with Gasteiger partial charge < -0.3 is 10.4 Å². The molecular weight excluding hydrogens is 334 g/mol. The molecular formula is C16H20BrNO3. The Labute approximate surface area is 133 Å². The molecule has 4 atom stereocenters. The van der Waals surface area contributed by atoms with Crippen molar-refractivity contribution in [3.8, 4) is 0 Å². The highest BCUT2D eigenvalue weighted by atomic mass is 79.9. The van der Waals surface area contributed by atoms with Crippen molar-refractivity contribution < 1.29 is 14.7 Å². The normalized spacial score (nSPS) is 26.3. The number of halogens is 1. The molecule has 0 aromatic heterocycles. The van der Waals surface area contributed by atoms with Crippen LogP contribution in [0.3, 0.4) is 0 Å². The van der Waals surface area contributed by atoms with E-state index in [9.17, 15) is 14.7 Å². The zero-order valence-electron chi connectivity index (χ0n) is 12.2. The van der Waals surface area contributed by atoms with Crippen LogP contribution in [0.25, 0.3) is 0 Å². The minimum absolute atomic E-state index is 0.154. The Morgan fingerprint density at radius 1 is 1.29 bits per heavy atom. The summed E-state index contributed by atoms with van der Waals surface area (Å²) >= 11 is 3.47. The number of nitrogens with one attached hydrogen (secondary N) is 1. The highest BCUT2D eigenvalue weighted by Crippen LogP contribution is 2.37. The summed E-state index contributed by atoms with van der Waals surface area (Å²) in [6.07, 6.45) is 1.22. The van der Waals surface area contributed by atoms with Crippen LogP contribution in [0, 0.1) is 17.8 Å². The Hall–Kier alpha value is -1.36. The van der Waals surface area contributed by atoms with Gasteiger partial charge in [-0.3, -0.25) is 9.59 Å². The summed E-state index contributed by atoms with van der Waals surface area (Å²) in [6, 6.07) is 7.55. The first-order valence-corrected chi connectivity index (χ1v) is 7.97. The quantitative estimate of drug-likeness (QED) is 0.871. The molecule has 4 nitrogen and oxygen atoms in total. The van der Waals surface area contributed by atoms with Gasteiger partial charge in [-0.1, -0.05) is 41.1 Å². The van der Waals surface area contributed by atoms with Gasteiger partial charge in [0.1, 0.15) is 0 Å². The number of carbonyl (C=O) groups excluding carboxylic acids is 1. The van der Waals surface area contributed by atoms with E-state index in [-0.39, 0.29) is 17.9 Å². The van der Waals surface area contributed by atoms with Crippen molar-refractivity contribution >= 4 is 27.8 Å². The van der Waals surface area contributed by atoms with E-state index in [1.54, 1.807) is 0 Å². The largest absolute Gasteiger partial charge is 0.481 e. The number of hydrogen-bond acceptors (Lipinski definition) is 2. The number of rotatable bonds is 4. The van der Waals surface area contributed by atoms with Gasteiger partial charge in [-0.05, 0) is 37.3 Å². The zero-order chi connectivity index (χ0) is 15.6. The maximum atomic E-state index is 12.4. The number of carbonyl (C=O) groups is 2. The predicted octanol–water partition coefficient (Wildman–Crippen LogP) is 3.37. The van der Waals surface area contributed by atoms with E-state index in [2.05, 4.69) is 21.2 Å². The Morgan fingerprint density at radius 3 is 2.52 bits per heavy atom. The fourth-order valence-electron chi connectivity index (χ4n) is 3.08. The summed E-state index contributed by atoms with van der Waals surface area (Å²) in [5.41, 5.74) is 0.990. The third-order valence-electron chi connectivity index (χ3n) is 4.18. The Kier molecular flexibility index (Phi) is 5.04. The van der Waals surface area contributed by atoms with Crippen LogP contribution in [-0.2, 0) is 9.59 Å². The van der Waals surface area contributed by atoms with E-state index in [0.29, 0.717) is 12.8 Å². The summed E-state index contributed by atoms with van der Waals surface area (Å²) in [6.45, 7) is 3.91. The Balaban J connectivity index is 2.07. The summed E-state index contributed by atoms with van der Waals surface area (Å²) in [7, 11) is 0. The van der Waals surface area contributed by atoms with E-state index >= 15 is 0 Å². The van der Waals surface area contributed by atoms with Crippen LogP contribution in [0.15, 0.2) is 28.7 Å². The van der Waals surface area contributed by atoms with Crippen molar-refractivity contribution in [1.82, 2.24) is 5.32 Å². The number of carboxylic acid groups (broad SMARTS) is 1. The molecule has 1 aliphatic rings. The zero-order valence-corrected chi connectivity index (χ0v) is 13.8. The first kappa shape index (κ1) is 16.0. The van der Waals surface area contributed by atoms with Crippen LogP contribution in [-0.4, -0.2) is 17.0 Å². The molecule has 1 fully saturated rings. The lowest BCUT2D eigenvalue weighted by Gasteiger charge is -2.20. The molecule has 2 rings (SSSR count). The highest BCUT2D eigenvalue weighted by molar-refractivity contribution is 9.10.